The van der Waals surface area contributed by atoms with E-state index in [-0.39, 0.29) is 0 Å². The van der Waals surface area contributed by atoms with E-state index in [0.29, 0.717) is 17.5 Å². The van der Waals surface area contributed by atoms with Crippen LogP contribution in [0.5, 0.6) is 0 Å². The third kappa shape index (κ3) is 6.05. The molecule has 0 saturated carbocycles. The quantitative estimate of drug-likeness (QED) is 0.179. The van der Waals surface area contributed by atoms with E-state index in [1.165, 1.54) is 22.3 Å². The van der Waals surface area contributed by atoms with Crippen molar-refractivity contribution in [2.24, 2.45) is 0 Å². The van der Waals surface area contributed by atoms with Crippen LogP contribution in [0, 0.1) is 0 Å². The van der Waals surface area contributed by atoms with Crippen LogP contribution in [0.1, 0.15) is 0 Å². The standard InChI is InChI=1S/C45H31N3/c1-4-13-32(14-5-1)34-23-27-37(28-24-34)43-46-44(48-45(47-43)40-20-12-19-39(31-40)33-15-6-2-7-16-33)38-29-25-36(26-30-38)42-22-11-10-21-41(42)35-17-8-3-9-18-35/h1-31H. The van der Waals surface area contributed by atoms with Crippen molar-refractivity contribution in [1.82, 2.24) is 15.0 Å². The molecule has 0 fully saturated rings. The average molecular weight is 614 g/mol. The van der Waals surface area contributed by atoms with Crippen molar-refractivity contribution in [3.8, 4) is 78.7 Å². The molecule has 0 aliphatic rings. The molecule has 0 saturated heterocycles. The fourth-order valence-corrected chi connectivity index (χ4v) is 6.08. The van der Waals surface area contributed by atoms with Crippen LogP contribution in [-0.4, -0.2) is 15.0 Å². The first-order chi connectivity index (χ1) is 23.8. The monoisotopic (exact) mass is 613 g/mol. The minimum atomic E-state index is 0.634. The average Bonchev–Trinajstić information content (AvgIpc) is 3.19. The zero-order valence-electron chi connectivity index (χ0n) is 26.2. The molecule has 8 rings (SSSR count). The summed E-state index contributed by atoms with van der Waals surface area (Å²) >= 11 is 0. The van der Waals surface area contributed by atoms with Crippen LogP contribution >= 0.6 is 0 Å². The molecular weight excluding hydrogens is 583 g/mol. The molecule has 0 atom stereocenters. The Kier molecular flexibility index (Phi) is 7.92. The van der Waals surface area contributed by atoms with Gasteiger partial charge in [0, 0.05) is 16.7 Å². The van der Waals surface area contributed by atoms with Crippen molar-refractivity contribution in [3.05, 3.63) is 188 Å². The van der Waals surface area contributed by atoms with Gasteiger partial charge in [-0.2, -0.15) is 0 Å². The molecule has 0 bridgehead atoms. The van der Waals surface area contributed by atoms with Crippen LogP contribution < -0.4 is 0 Å². The molecule has 8 aromatic rings. The molecule has 0 aliphatic carbocycles. The van der Waals surface area contributed by atoms with E-state index in [1.54, 1.807) is 0 Å². The molecule has 0 radical (unpaired) electrons. The highest BCUT2D eigenvalue weighted by Gasteiger charge is 2.14. The van der Waals surface area contributed by atoms with Gasteiger partial charge < -0.3 is 0 Å². The Hall–Kier alpha value is -6.45. The first-order valence-corrected chi connectivity index (χ1v) is 16.1. The van der Waals surface area contributed by atoms with Gasteiger partial charge in [0.2, 0.25) is 0 Å². The summed E-state index contributed by atoms with van der Waals surface area (Å²) in [6.45, 7) is 0. The summed E-state index contributed by atoms with van der Waals surface area (Å²) in [6, 6.07) is 65.2. The summed E-state index contributed by atoms with van der Waals surface area (Å²) in [5, 5.41) is 0. The van der Waals surface area contributed by atoms with Crippen LogP contribution in [0.15, 0.2) is 188 Å². The maximum absolute atomic E-state index is 5.04. The highest BCUT2D eigenvalue weighted by Crippen LogP contribution is 2.34. The molecule has 226 valence electrons. The summed E-state index contributed by atoms with van der Waals surface area (Å²) in [4.78, 5) is 15.1. The highest BCUT2D eigenvalue weighted by atomic mass is 15.0. The zero-order valence-corrected chi connectivity index (χ0v) is 26.2. The van der Waals surface area contributed by atoms with Crippen molar-refractivity contribution in [3.63, 3.8) is 0 Å². The lowest BCUT2D eigenvalue weighted by Gasteiger charge is -2.12. The molecule has 0 amide bonds. The van der Waals surface area contributed by atoms with Gasteiger partial charge in [-0.1, -0.05) is 182 Å². The normalized spacial score (nSPS) is 10.9. The molecule has 48 heavy (non-hydrogen) atoms. The third-order valence-corrected chi connectivity index (χ3v) is 8.58. The number of hydrogen-bond donors (Lipinski definition) is 0. The Labute approximate surface area is 280 Å². The molecule has 0 aliphatic heterocycles. The molecule has 0 N–H and O–H groups in total. The minimum Gasteiger partial charge on any atom is -0.208 e. The second-order valence-electron chi connectivity index (χ2n) is 11.7. The van der Waals surface area contributed by atoms with Gasteiger partial charge in [-0.3, -0.25) is 0 Å². The van der Waals surface area contributed by atoms with Crippen molar-refractivity contribution >= 4 is 0 Å². The predicted molar refractivity (Wildman–Crippen MR) is 198 cm³/mol. The second-order valence-corrected chi connectivity index (χ2v) is 11.7. The smallest absolute Gasteiger partial charge is 0.164 e. The third-order valence-electron chi connectivity index (χ3n) is 8.58. The van der Waals surface area contributed by atoms with Gasteiger partial charge >= 0.3 is 0 Å². The lowest BCUT2D eigenvalue weighted by molar-refractivity contribution is 1.07. The fraction of sp³-hybridized carbons (Fsp3) is 0. The van der Waals surface area contributed by atoms with E-state index < -0.39 is 0 Å². The maximum Gasteiger partial charge on any atom is 0.164 e. The number of hydrogen-bond acceptors (Lipinski definition) is 3. The van der Waals surface area contributed by atoms with Crippen LogP contribution in [0.25, 0.3) is 78.7 Å². The molecule has 3 nitrogen and oxygen atoms in total. The number of rotatable bonds is 7. The molecule has 1 heterocycles. The predicted octanol–water partition coefficient (Wildman–Crippen LogP) is 11.5. The molecule has 1 aromatic heterocycles. The zero-order chi connectivity index (χ0) is 32.1. The second kappa shape index (κ2) is 13.1. The van der Waals surface area contributed by atoms with E-state index in [4.69, 9.17) is 15.0 Å². The molecule has 3 heteroatoms. The summed E-state index contributed by atoms with van der Waals surface area (Å²) in [5.41, 5.74) is 12.1. The van der Waals surface area contributed by atoms with Gasteiger partial charge in [0.25, 0.3) is 0 Å². The van der Waals surface area contributed by atoms with E-state index in [2.05, 4.69) is 170 Å². The Morgan fingerprint density at radius 1 is 0.208 bits per heavy atom. The van der Waals surface area contributed by atoms with Crippen molar-refractivity contribution in [2.45, 2.75) is 0 Å². The summed E-state index contributed by atoms with van der Waals surface area (Å²) in [6.07, 6.45) is 0. The van der Waals surface area contributed by atoms with Gasteiger partial charge in [0.15, 0.2) is 17.5 Å². The van der Waals surface area contributed by atoms with Crippen LogP contribution in [0.3, 0.4) is 0 Å². The lowest BCUT2D eigenvalue weighted by atomic mass is 9.94. The van der Waals surface area contributed by atoms with Gasteiger partial charge in [-0.25, -0.2) is 15.0 Å². The van der Waals surface area contributed by atoms with E-state index in [9.17, 15) is 0 Å². The summed E-state index contributed by atoms with van der Waals surface area (Å²) in [7, 11) is 0. The number of aromatic nitrogens is 3. The van der Waals surface area contributed by atoms with Crippen LogP contribution in [-0.2, 0) is 0 Å². The van der Waals surface area contributed by atoms with Gasteiger partial charge in [-0.15, -0.1) is 0 Å². The van der Waals surface area contributed by atoms with Crippen LogP contribution in [0.2, 0.25) is 0 Å². The van der Waals surface area contributed by atoms with E-state index in [1.807, 2.05) is 18.2 Å². The van der Waals surface area contributed by atoms with Gasteiger partial charge in [0.1, 0.15) is 0 Å². The van der Waals surface area contributed by atoms with Crippen molar-refractivity contribution in [2.75, 3.05) is 0 Å². The van der Waals surface area contributed by atoms with Gasteiger partial charge in [0.05, 0.1) is 0 Å². The molecule has 7 aromatic carbocycles. The lowest BCUT2D eigenvalue weighted by Crippen LogP contribution is -2.00. The van der Waals surface area contributed by atoms with Gasteiger partial charge in [-0.05, 0) is 50.6 Å². The Morgan fingerprint density at radius 3 is 1.04 bits per heavy atom. The molecule has 0 unspecified atom stereocenters. The molecular formula is C45H31N3. The first-order valence-electron chi connectivity index (χ1n) is 16.1. The van der Waals surface area contributed by atoms with Crippen molar-refractivity contribution in [1.29, 1.82) is 0 Å². The minimum absolute atomic E-state index is 0.634. The SMILES string of the molecule is c1ccc(-c2ccc(-c3nc(-c4ccc(-c5ccccc5-c5ccccc5)cc4)nc(-c4cccc(-c5ccccc5)c4)n3)cc2)cc1. The number of nitrogens with zero attached hydrogens (tertiary/aromatic N) is 3. The largest absolute Gasteiger partial charge is 0.208 e. The highest BCUT2D eigenvalue weighted by molar-refractivity contribution is 5.84. The fourth-order valence-electron chi connectivity index (χ4n) is 6.08. The number of benzene rings is 7. The van der Waals surface area contributed by atoms with Crippen LogP contribution in [0.4, 0.5) is 0 Å². The molecule has 0 spiro atoms. The Morgan fingerprint density at radius 2 is 0.521 bits per heavy atom. The Balaban J connectivity index is 1.21. The maximum atomic E-state index is 5.04. The van der Waals surface area contributed by atoms with E-state index >= 15 is 0 Å². The summed E-state index contributed by atoms with van der Waals surface area (Å²) in [5.74, 6) is 1.91. The topological polar surface area (TPSA) is 38.7 Å². The van der Waals surface area contributed by atoms with Crippen molar-refractivity contribution < 1.29 is 0 Å². The summed E-state index contributed by atoms with van der Waals surface area (Å²) < 4.78 is 0. The van der Waals surface area contributed by atoms with E-state index in [0.717, 1.165) is 38.9 Å². The first kappa shape index (κ1) is 29.0. The Bertz CT molecular complexity index is 2300.